The summed E-state index contributed by atoms with van der Waals surface area (Å²) in [7, 11) is 1.35. The zero-order valence-corrected chi connectivity index (χ0v) is 11.8. The molecular formula is C15H22N2O2. The number of carbonyl (C=O) groups is 1. The first-order valence-electron chi connectivity index (χ1n) is 6.80. The summed E-state index contributed by atoms with van der Waals surface area (Å²) in [6.07, 6.45) is 2.05. The number of anilines is 2. The Morgan fingerprint density at radius 3 is 2.32 bits per heavy atom. The molecule has 1 aromatic carbocycles. The monoisotopic (exact) mass is 262 g/mol. The van der Waals surface area contributed by atoms with Gasteiger partial charge in [-0.25, -0.2) is 4.79 Å². The normalized spacial score (nSPS) is 21.7. The molecule has 1 amide bonds. The van der Waals surface area contributed by atoms with Gasteiger partial charge in [0, 0.05) is 17.4 Å². The molecule has 0 radical (unpaired) electrons. The Hall–Kier alpha value is -1.71. The quantitative estimate of drug-likeness (QED) is 0.869. The SMILES string of the molecule is COC(=O)Nc1ccc(NC2CC(C(C)C)C2)cc1. The zero-order valence-electron chi connectivity index (χ0n) is 11.8. The van der Waals surface area contributed by atoms with Gasteiger partial charge in [0.25, 0.3) is 0 Å². The predicted molar refractivity (Wildman–Crippen MR) is 77.4 cm³/mol. The zero-order chi connectivity index (χ0) is 13.8. The minimum Gasteiger partial charge on any atom is -0.453 e. The average Bonchev–Trinajstić information content (AvgIpc) is 2.34. The van der Waals surface area contributed by atoms with E-state index in [1.54, 1.807) is 0 Å². The van der Waals surface area contributed by atoms with Crippen LogP contribution in [0.3, 0.4) is 0 Å². The maximum atomic E-state index is 11.1. The molecule has 0 saturated heterocycles. The lowest BCUT2D eigenvalue weighted by molar-refractivity contribution is 0.187. The minimum absolute atomic E-state index is 0.445. The Labute approximate surface area is 114 Å². The third kappa shape index (κ3) is 3.63. The number of rotatable bonds is 4. The van der Waals surface area contributed by atoms with Gasteiger partial charge in [0.05, 0.1) is 7.11 Å². The second kappa shape index (κ2) is 5.95. The van der Waals surface area contributed by atoms with Gasteiger partial charge in [0.2, 0.25) is 0 Å². The van der Waals surface area contributed by atoms with E-state index < -0.39 is 6.09 Å². The molecule has 1 aromatic rings. The number of amides is 1. The van der Waals surface area contributed by atoms with Crippen LogP contribution in [0.1, 0.15) is 26.7 Å². The number of ether oxygens (including phenoxy) is 1. The molecule has 1 aliphatic carbocycles. The maximum absolute atomic E-state index is 11.1. The van der Waals surface area contributed by atoms with Gasteiger partial charge in [0.1, 0.15) is 0 Å². The highest BCUT2D eigenvalue weighted by Gasteiger charge is 2.30. The van der Waals surface area contributed by atoms with Crippen molar-refractivity contribution in [3.63, 3.8) is 0 Å². The van der Waals surface area contributed by atoms with Gasteiger partial charge >= 0.3 is 6.09 Å². The van der Waals surface area contributed by atoms with Crippen molar-refractivity contribution >= 4 is 17.5 Å². The highest BCUT2D eigenvalue weighted by Crippen LogP contribution is 2.35. The molecule has 0 unspecified atom stereocenters. The molecule has 0 atom stereocenters. The van der Waals surface area contributed by atoms with Crippen molar-refractivity contribution in [2.24, 2.45) is 11.8 Å². The fourth-order valence-electron chi connectivity index (χ4n) is 2.38. The fourth-order valence-corrected chi connectivity index (χ4v) is 2.38. The van der Waals surface area contributed by atoms with Crippen LogP contribution in [0.15, 0.2) is 24.3 Å². The van der Waals surface area contributed by atoms with Crippen LogP contribution in [0.4, 0.5) is 16.2 Å². The molecule has 1 fully saturated rings. The van der Waals surface area contributed by atoms with Gasteiger partial charge in [0.15, 0.2) is 0 Å². The van der Waals surface area contributed by atoms with Crippen molar-refractivity contribution < 1.29 is 9.53 Å². The fraction of sp³-hybridized carbons (Fsp3) is 0.533. The summed E-state index contributed by atoms with van der Waals surface area (Å²) >= 11 is 0. The topological polar surface area (TPSA) is 50.4 Å². The van der Waals surface area contributed by atoms with Crippen LogP contribution in [0, 0.1) is 11.8 Å². The lowest BCUT2D eigenvalue weighted by Crippen LogP contribution is -2.37. The minimum atomic E-state index is -0.445. The molecule has 104 valence electrons. The molecule has 0 spiro atoms. The van der Waals surface area contributed by atoms with E-state index in [2.05, 4.69) is 29.2 Å². The summed E-state index contributed by atoms with van der Waals surface area (Å²) in [4.78, 5) is 11.1. The third-order valence-electron chi connectivity index (χ3n) is 3.80. The molecular weight excluding hydrogens is 240 g/mol. The molecule has 4 nitrogen and oxygen atoms in total. The van der Waals surface area contributed by atoms with E-state index in [-0.39, 0.29) is 0 Å². The average molecular weight is 262 g/mol. The smallest absolute Gasteiger partial charge is 0.411 e. The molecule has 2 N–H and O–H groups in total. The summed E-state index contributed by atoms with van der Waals surface area (Å²) in [6, 6.07) is 8.30. The van der Waals surface area contributed by atoms with Gasteiger partial charge in [-0.3, -0.25) is 5.32 Å². The van der Waals surface area contributed by atoms with Crippen molar-refractivity contribution in [3.8, 4) is 0 Å². The van der Waals surface area contributed by atoms with Gasteiger partial charge < -0.3 is 10.1 Å². The molecule has 0 heterocycles. The maximum Gasteiger partial charge on any atom is 0.411 e. The van der Waals surface area contributed by atoms with Crippen molar-refractivity contribution in [1.29, 1.82) is 0 Å². The highest BCUT2D eigenvalue weighted by atomic mass is 16.5. The number of methoxy groups -OCH3 is 1. The first-order chi connectivity index (χ1) is 9.08. The van der Waals surface area contributed by atoms with Crippen LogP contribution in [-0.4, -0.2) is 19.2 Å². The second-order valence-corrected chi connectivity index (χ2v) is 5.51. The Morgan fingerprint density at radius 1 is 1.21 bits per heavy atom. The molecule has 4 heteroatoms. The molecule has 2 rings (SSSR count). The van der Waals surface area contributed by atoms with E-state index in [1.165, 1.54) is 20.0 Å². The molecule has 1 saturated carbocycles. The van der Waals surface area contributed by atoms with Gasteiger partial charge in [-0.2, -0.15) is 0 Å². The second-order valence-electron chi connectivity index (χ2n) is 5.51. The molecule has 19 heavy (non-hydrogen) atoms. The Morgan fingerprint density at radius 2 is 1.79 bits per heavy atom. The number of benzene rings is 1. The van der Waals surface area contributed by atoms with E-state index in [0.29, 0.717) is 6.04 Å². The predicted octanol–water partition coefficient (Wildman–Crippen LogP) is 3.71. The Bertz CT molecular complexity index is 422. The first kappa shape index (κ1) is 13.7. The van der Waals surface area contributed by atoms with Crippen LogP contribution in [0.25, 0.3) is 0 Å². The van der Waals surface area contributed by atoms with Gasteiger partial charge in [-0.15, -0.1) is 0 Å². The van der Waals surface area contributed by atoms with Crippen LogP contribution in [0.5, 0.6) is 0 Å². The summed E-state index contributed by atoms with van der Waals surface area (Å²) in [5, 5.41) is 6.15. The summed E-state index contributed by atoms with van der Waals surface area (Å²) in [6.45, 7) is 4.57. The van der Waals surface area contributed by atoms with E-state index in [9.17, 15) is 4.79 Å². The van der Waals surface area contributed by atoms with Crippen LogP contribution >= 0.6 is 0 Å². The van der Waals surface area contributed by atoms with Crippen molar-refractivity contribution in [1.82, 2.24) is 0 Å². The molecule has 0 aliphatic heterocycles. The summed E-state index contributed by atoms with van der Waals surface area (Å²) in [5.41, 5.74) is 1.84. The van der Waals surface area contributed by atoms with Crippen molar-refractivity contribution in [2.75, 3.05) is 17.7 Å². The Balaban J connectivity index is 1.81. The van der Waals surface area contributed by atoms with E-state index in [0.717, 1.165) is 23.2 Å². The first-order valence-corrected chi connectivity index (χ1v) is 6.80. The lowest BCUT2D eigenvalue weighted by Gasteiger charge is -2.39. The number of hydrogen-bond acceptors (Lipinski definition) is 3. The van der Waals surface area contributed by atoms with Gasteiger partial charge in [-0.1, -0.05) is 13.8 Å². The largest absolute Gasteiger partial charge is 0.453 e. The number of carbonyl (C=O) groups excluding carboxylic acids is 1. The lowest BCUT2D eigenvalue weighted by atomic mass is 9.73. The molecule has 1 aliphatic rings. The Kier molecular flexibility index (Phi) is 4.30. The third-order valence-corrected chi connectivity index (χ3v) is 3.80. The molecule has 0 aromatic heterocycles. The van der Waals surface area contributed by atoms with E-state index in [4.69, 9.17) is 0 Å². The van der Waals surface area contributed by atoms with Gasteiger partial charge in [-0.05, 0) is 48.9 Å². The number of nitrogens with one attached hydrogen (secondary N) is 2. The van der Waals surface area contributed by atoms with Crippen LogP contribution in [0.2, 0.25) is 0 Å². The highest BCUT2D eigenvalue weighted by molar-refractivity contribution is 5.84. The summed E-state index contributed by atoms with van der Waals surface area (Å²) in [5.74, 6) is 1.64. The molecule has 0 bridgehead atoms. The van der Waals surface area contributed by atoms with Crippen molar-refractivity contribution in [3.05, 3.63) is 24.3 Å². The number of hydrogen-bond donors (Lipinski definition) is 2. The van der Waals surface area contributed by atoms with Crippen LogP contribution < -0.4 is 10.6 Å². The van der Waals surface area contributed by atoms with E-state index >= 15 is 0 Å². The van der Waals surface area contributed by atoms with Crippen LogP contribution in [-0.2, 0) is 4.74 Å². The summed E-state index contributed by atoms with van der Waals surface area (Å²) < 4.78 is 4.54. The standard InChI is InChI=1S/C15H22N2O2/c1-10(2)11-8-14(9-11)16-12-4-6-13(7-5-12)17-15(18)19-3/h4-7,10-11,14,16H,8-9H2,1-3H3,(H,17,18). The van der Waals surface area contributed by atoms with E-state index in [1.807, 2.05) is 24.3 Å². The van der Waals surface area contributed by atoms with Crippen molar-refractivity contribution in [2.45, 2.75) is 32.7 Å².